The lowest BCUT2D eigenvalue weighted by atomic mass is 10.1. The molecule has 15 heavy (non-hydrogen) atoms. The summed E-state index contributed by atoms with van der Waals surface area (Å²) in [6.07, 6.45) is 2.93. The molecule has 0 atom stereocenters. The summed E-state index contributed by atoms with van der Waals surface area (Å²) in [5.41, 5.74) is 8.74. The van der Waals surface area contributed by atoms with Crippen LogP contribution in [0.4, 0.5) is 5.69 Å². The molecule has 1 heterocycles. The van der Waals surface area contributed by atoms with Gasteiger partial charge in [-0.15, -0.1) is 0 Å². The van der Waals surface area contributed by atoms with Crippen LogP contribution in [0.15, 0.2) is 30.5 Å². The predicted molar refractivity (Wildman–Crippen MR) is 66.9 cm³/mol. The van der Waals surface area contributed by atoms with Gasteiger partial charge < -0.3 is 5.73 Å². The standard InChI is InChI=1S/C11H12N2.C2H6/c1-2-8-5-9-6-10(12)3-4-11(9)13-7-8;1-2/h3-7H,2,12H2,1H3;1-2H3. The van der Waals surface area contributed by atoms with E-state index in [-0.39, 0.29) is 0 Å². The van der Waals surface area contributed by atoms with Crippen LogP contribution in [-0.2, 0) is 6.42 Å². The maximum Gasteiger partial charge on any atom is 0.0703 e. The van der Waals surface area contributed by atoms with Crippen molar-refractivity contribution in [3.8, 4) is 0 Å². The van der Waals surface area contributed by atoms with Gasteiger partial charge >= 0.3 is 0 Å². The van der Waals surface area contributed by atoms with E-state index in [0.29, 0.717) is 0 Å². The Morgan fingerprint density at radius 1 is 1.20 bits per heavy atom. The van der Waals surface area contributed by atoms with Crippen LogP contribution < -0.4 is 5.73 Å². The number of nitrogen functional groups attached to an aromatic ring is 1. The summed E-state index contributed by atoms with van der Waals surface area (Å²) < 4.78 is 0. The number of anilines is 1. The quantitative estimate of drug-likeness (QED) is 0.720. The number of aromatic nitrogens is 1. The number of pyridine rings is 1. The van der Waals surface area contributed by atoms with Crippen molar-refractivity contribution in [2.75, 3.05) is 5.73 Å². The fourth-order valence-electron chi connectivity index (χ4n) is 1.39. The minimum absolute atomic E-state index is 0.794. The predicted octanol–water partition coefficient (Wildman–Crippen LogP) is 3.41. The molecular formula is C13H18N2. The van der Waals surface area contributed by atoms with Crippen LogP contribution >= 0.6 is 0 Å². The average Bonchev–Trinajstić information content (AvgIpc) is 2.30. The Labute approximate surface area is 91.1 Å². The van der Waals surface area contributed by atoms with Gasteiger partial charge in [-0.05, 0) is 36.2 Å². The number of rotatable bonds is 1. The van der Waals surface area contributed by atoms with Crippen LogP contribution in [0.3, 0.4) is 0 Å². The number of fused-ring (bicyclic) bond motifs is 1. The molecule has 2 aromatic rings. The summed E-state index contributed by atoms with van der Waals surface area (Å²) in [7, 11) is 0. The van der Waals surface area contributed by atoms with E-state index < -0.39 is 0 Å². The third kappa shape index (κ3) is 2.69. The van der Waals surface area contributed by atoms with Gasteiger partial charge in [-0.25, -0.2) is 0 Å². The fraction of sp³-hybridized carbons (Fsp3) is 0.308. The zero-order valence-electron chi connectivity index (χ0n) is 9.62. The molecule has 2 nitrogen and oxygen atoms in total. The van der Waals surface area contributed by atoms with Gasteiger partial charge in [-0.2, -0.15) is 0 Å². The zero-order chi connectivity index (χ0) is 11.3. The number of nitrogens with zero attached hydrogens (tertiary/aromatic N) is 1. The van der Waals surface area contributed by atoms with Crippen molar-refractivity contribution in [1.82, 2.24) is 4.98 Å². The number of nitrogens with two attached hydrogens (primary N) is 1. The first-order valence-corrected chi connectivity index (χ1v) is 5.44. The topological polar surface area (TPSA) is 38.9 Å². The SMILES string of the molecule is CC.CCc1cnc2ccc(N)cc2c1. The number of hydrogen-bond donors (Lipinski definition) is 1. The molecule has 0 aliphatic rings. The maximum atomic E-state index is 5.69. The highest BCUT2D eigenvalue weighted by Gasteiger charge is 1.96. The number of hydrogen-bond acceptors (Lipinski definition) is 2. The van der Waals surface area contributed by atoms with Crippen molar-refractivity contribution in [2.45, 2.75) is 27.2 Å². The molecule has 0 bridgehead atoms. The minimum atomic E-state index is 0.794. The molecule has 1 aromatic carbocycles. The number of benzene rings is 1. The lowest BCUT2D eigenvalue weighted by molar-refractivity contribution is 1.12. The zero-order valence-corrected chi connectivity index (χ0v) is 9.62. The molecule has 2 heteroatoms. The van der Waals surface area contributed by atoms with Crippen molar-refractivity contribution < 1.29 is 0 Å². The van der Waals surface area contributed by atoms with Gasteiger partial charge in [0.05, 0.1) is 5.52 Å². The Morgan fingerprint density at radius 3 is 2.60 bits per heavy atom. The van der Waals surface area contributed by atoms with Gasteiger partial charge in [-0.1, -0.05) is 20.8 Å². The van der Waals surface area contributed by atoms with Gasteiger partial charge in [0.25, 0.3) is 0 Å². The van der Waals surface area contributed by atoms with Crippen molar-refractivity contribution in [1.29, 1.82) is 0 Å². The number of aryl methyl sites for hydroxylation is 1. The monoisotopic (exact) mass is 202 g/mol. The summed E-state index contributed by atoms with van der Waals surface area (Å²) in [6, 6.07) is 7.92. The first kappa shape index (κ1) is 11.5. The van der Waals surface area contributed by atoms with Crippen molar-refractivity contribution in [2.24, 2.45) is 0 Å². The van der Waals surface area contributed by atoms with Crippen LogP contribution in [0.5, 0.6) is 0 Å². The average molecular weight is 202 g/mol. The molecular weight excluding hydrogens is 184 g/mol. The second-order valence-electron chi connectivity index (χ2n) is 3.15. The van der Waals surface area contributed by atoms with Crippen LogP contribution in [0.1, 0.15) is 26.3 Å². The molecule has 2 rings (SSSR count). The Balaban J connectivity index is 0.000000531. The molecule has 0 fully saturated rings. The smallest absolute Gasteiger partial charge is 0.0703 e. The minimum Gasteiger partial charge on any atom is -0.399 e. The lowest BCUT2D eigenvalue weighted by Gasteiger charge is -2.00. The summed E-state index contributed by atoms with van der Waals surface area (Å²) in [5.74, 6) is 0. The molecule has 0 aliphatic heterocycles. The van der Waals surface area contributed by atoms with E-state index in [1.165, 1.54) is 5.56 Å². The van der Waals surface area contributed by atoms with E-state index in [9.17, 15) is 0 Å². The van der Waals surface area contributed by atoms with Crippen LogP contribution in [0.25, 0.3) is 10.9 Å². The van der Waals surface area contributed by atoms with E-state index >= 15 is 0 Å². The Hall–Kier alpha value is -1.57. The Morgan fingerprint density at radius 2 is 1.93 bits per heavy atom. The molecule has 0 saturated carbocycles. The van der Waals surface area contributed by atoms with Gasteiger partial charge in [-0.3, -0.25) is 4.98 Å². The highest BCUT2D eigenvalue weighted by atomic mass is 14.7. The van der Waals surface area contributed by atoms with Crippen molar-refractivity contribution in [3.63, 3.8) is 0 Å². The van der Waals surface area contributed by atoms with E-state index in [2.05, 4.69) is 18.0 Å². The highest BCUT2D eigenvalue weighted by Crippen LogP contribution is 2.16. The lowest BCUT2D eigenvalue weighted by Crippen LogP contribution is -1.87. The molecule has 0 unspecified atom stereocenters. The maximum absolute atomic E-state index is 5.69. The summed E-state index contributed by atoms with van der Waals surface area (Å²) in [4.78, 5) is 4.34. The Kier molecular flexibility index (Phi) is 4.10. The molecule has 0 aliphatic carbocycles. The second-order valence-corrected chi connectivity index (χ2v) is 3.15. The highest BCUT2D eigenvalue weighted by molar-refractivity contribution is 5.82. The van der Waals surface area contributed by atoms with E-state index in [0.717, 1.165) is 23.0 Å². The van der Waals surface area contributed by atoms with E-state index in [1.54, 1.807) is 0 Å². The molecule has 2 N–H and O–H groups in total. The summed E-state index contributed by atoms with van der Waals surface area (Å²) in [6.45, 7) is 6.12. The summed E-state index contributed by atoms with van der Waals surface area (Å²) >= 11 is 0. The largest absolute Gasteiger partial charge is 0.399 e. The first-order valence-electron chi connectivity index (χ1n) is 5.44. The van der Waals surface area contributed by atoms with Crippen LogP contribution in [0.2, 0.25) is 0 Å². The third-order valence-corrected chi connectivity index (χ3v) is 2.17. The van der Waals surface area contributed by atoms with E-state index in [1.807, 2.05) is 38.2 Å². The van der Waals surface area contributed by atoms with Crippen molar-refractivity contribution in [3.05, 3.63) is 36.0 Å². The van der Waals surface area contributed by atoms with Gasteiger partial charge in [0.1, 0.15) is 0 Å². The van der Waals surface area contributed by atoms with Gasteiger partial charge in [0.15, 0.2) is 0 Å². The first-order chi connectivity index (χ1) is 7.29. The normalized spacial score (nSPS) is 9.53. The van der Waals surface area contributed by atoms with Crippen LogP contribution in [-0.4, -0.2) is 4.98 Å². The second kappa shape index (κ2) is 5.35. The molecule has 0 radical (unpaired) electrons. The Bertz CT molecular complexity index is 435. The molecule has 0 amide bonds. The molecule has 0 saturated heterocycles. The van der Waals surface area contributed by atoms with Gasteiger partial charge in [0.2, 0.25) is 0 Å². The van der Waals surface area contributed by atoms with Gasteiger partial charge in [0, 0.05) is 17.3 Å². The van der Waals surface area contributed by atoms with Crippen LogP contribution in [0, 0.1) is 0 Å². The van der Waals surface area contributed by atoms with E-state index in [4.69, 9.17) is 5.73 Å². The summed E-state index contributed by atoms with van der Waals surface area (Å²) in [5, 5.41) is 1.12. The molecule has 80 valence electrons. The fourth-order valence-corrected chi connectivity index (χ4v) is 1.39. The molecule has 1 aromatic heterocycles. The van der Waals surface area contributed by atoms with Crippen molar-refractivity contribution >= 4 is 16.6 Å². The third-order valence-electron chi connectivity index (χ3n) is 2.17. The molecule has 0 spiro atoms.